The van der Waals surface area contributed by atoms with E-state index in [0.717, 1.165) is 19.3 Å². The van der Waals surface area contributed by atoms with Gasteiger partial charge in [-0.1, -0.05) is 24.3 Å². The lowest BCUT2D eigenvalue weighted by Crippen LogP contribution is -2.54. The van der Waals surface area contributed by atoms with E-state index < -0.39 is 29.3 Å². The first-order valence-corrected chi connectivity index (χ1v) is 9.85. The highest BCUT2D eigenvalue weighted by Gasteiger charge is 2.62. The second-order valence-electron chi connectivity index (χ2n) is 8.34. The Labute approximate surface area is 168 Å². The molecule has 1 fully saturated rings. The predicted octanol–water partition coefficient (Wildman–Crippen LogP) is 4.02. The van der Waals surface area contributed by atoms with Crippen molar-refractivity contribution < 1.29 is 23.8 Å². The zero-order valence-corrected chi connectivity index (χ0v) is 17.5. The Morgan fingerprint density at radius 1 is 1.25 bits per heavy atom. The van der Waals surface area contributed by atoms with E-state index in [4.69, 9.17) is 14.2 Å². The van der Waals surface area contributed by atoms with Gasteiger partial charge in [-0.2, -0.15) is 0 Å². The molecular weight excluding hydrogens is 358 g/mol. The van der Waals surface area contributed by atoms with Crippen LogP contribution in [-0.2, 0) is 19.0 Å². The van der Waals surface area contributed by atoms with E-state index in [-0.39, 0.29) is 18.6 Å². The molecule has 6 nitrogen and oxygen atoms in total. The maximum atomic E-state index is 12.9. The van der Waals surface area contributed by atoms with Gasteiger partial charge in [0.2, 0.25) is 0 Å². The molecule has 2 aliphatic heterocycles. The number of carbonyl (C=O) groups is 2. The highest BCUT2D eigenvalue weighted by atomic mass is 16.6. The van der Waals surface area contributed by atoms with Crippen molar-refractivity contribution in [1.29, 1.82) is 0 Å². The summed E-state index contributed by atoms with van der Waals surface area (Å²) in [4.78, 5) is 27.2. The summed E-state index contributed by atoms with van der Waals surface area (Å²) in [7, 11) is 1.37. The Morgan fingerprint density at radius 3 is 2.54 bits per heavy atom. The third kappa shape index (κ3) is 4.66. The monoisotopic (exact) mass is 391 g/mol. The first-order chi connectivity index (χ1) is 13.2. The van der Waals surface area contributed by atoms with Gasteiger partial charge in [0.1, 0.15) is 17.1 Å². The van der Waals surface area contributed by atoms with Crippen molar-refractivity contribution in [2.75, 3.05) is 13.7 Å². The third-order valence-corrected chi connectivity index (χ3v) is 5.12. The van der Waals surface area contributed by atoms with Gasteiger partial charge in [0.05, 0.1) is 19.3 Å². The summed E-state index contributed by atoms with van der Waals surface area (Å²) in [6.45, 7) is 13.2. The number of unbranched alkanes of at least 4 members (excludes halogenated alkanes) is 2. The molecule has 2 bridgehead atoms. The fraction of sp³-hybridized carbons (Fsp3) is 0.636. The topological polar surface area (TPSA) is 65.1 Å². The first kappa shape index (κ1) is 22.2. The molecule has 0 aliphatic carbocycles. The van der Waals surface area contributed by atoms with Crippen LogP contribution in [0.1, 0.15) is 46.5 Å². The Morgan fingerprint density at radius 2 is 1.96 bits per heavy atom. The molecule has 6 heteroatoms. The molecule has 0 N–H and O–H groups in total. The fourth-order valence-electron chi connectivity index (χ4n) is 4.02. The summed E-state index contributed by atoms with van der Waals surface area (Å²) < 4.78 is 17.0. The largest absolute Gasteiger partial charge is 0.469 e. The molecule has 0 saturated carbocycles. The zero-order chi connectivity index (χ0) is 20.9. The van der Waals surface area contributed by atoms with Crippen molar-refractivity contribution in [2.24, 2.45) is 5.92 Å². The maximum Gasteiger partial charge on any atom is 0.410 e. The van der Waals surface area contributed by atoms with Crippen molar-refractivity contribution >= 4 is 12.1 Å². The molecule has 0 aromatic heterocycles. The summed E-state index contributed by atoms with van der Waals surface area (Å²) in [6, 6.07) is -0.496. The number of hydrogen-bond donors (Lipinski definition) is 0. The van der Waals surface area contributed by atoms with E-state index in [2.05, 4.69) is 13.2 Å². The average Bonchev–Trinajstić information content (AvgIpc) is 3.17. The minimum absolute atomic E-state index is 0.257. The van der Waals surface area contributed by atoms with Crippen molar-refractivity contribution in [3.8, 4) is 0 Å². The van der Waals surface area contributed by atoms with E-state index in [1.165, 1.54) is 7.11 Å². The standard InChI is InChI=1S/C22H33NO5/c1-7-9-10-11-13-22-14-12-16(27-22)18(17(22)19(24)26-6)23(15-8-2)20(25)28-21(3,4)5/h7-8,12,14,16-18H,1-2,9-11,13,15H2,3-6H3/t16-,17-,18-,22+/m1/s1. The van der Waals surface area contributed by atoms with Gasteiger partial charge >= 0.3 is 12.1 Å². The zero-order valence-electron chi connectivity index (χ0n) is 17.5. The Kier molecular flexibility index (Phi) is 7.10. The normalized spacial score (nSPS) is 28.1. The summed E-state index contributed by atoms with van der Waals surface area (Å²) in [5.41, 5.74) is -1.40. The van der Waals surface area contributed by atoms with Gasteiger partial charge < -0.3 is 14.2 Å². The summed E-state index contributed by atoms with van der Waals surface area (Å²) in [5.74, 6) is -0.984. The minimum Gasteiger partial charge on any atom is -0.469 e. The van der Waals surface area contributed by atoms with Gasteiger partial charge in [0.15, 0.2) is 0 Å². The van der Waals surface area contributed by atoms with Crippen LogP contribution in [0.5, 0.6) is 0 Å². The molecule has 0 aromatic rings. The number of methoxy groups -OCH3 is 1. The number of nitrogens with zero attached hydrogens (tertiary/aromatic N) is 1. The lowest BCUT2D eigenvalue weighted by atomic mass is 9.76. The molecule has 2 rings (SSSR count). The molecule has 0 aromatic carbocycles. The second kappa shape index (κ2) is 8.95. The van der Waals surface area contributed by atoms with Gasteiger partial charge in [-0.15, -0.1) is 13.2 Å². The van der Waals surface area contributed by atoms with Crippen molar-refractivity contribution in [3.63, 3.8) is 0 Å². The van der Waals surface area contributed by atoms with Gasteiger partial charge in [-0.3, -0.25) is 9.69 Å². The van der Waals surface area contributed by atoms with Gasteiger partial charge in [0.25, 0.3) is 0 Å². The third-order valence-electron chi connectivity index (χ3n) is 5.12. The number of carbonyl (C=O) groups excluding carboxylic acids is 2. The van der Waals surface area contributed by atoms with Crippen LogP contribution in [0, 0.1) is 5.92 Å². The lowest BCUT2D eigenvalue weighted by molar-refractivity contribution is -0.151. The van der Waals surface area contributed by atoms with Crippen LogP contribution in [0.2, 0.25) is 0 Å². The number of rotatable bonds is 9. The number of allylic oxidation sites excluding steroid dienone is 1. The summed E-state index contributed by atoms with van der Waals surface area (Å²) >= 11 is 0. The molecule has 1 saturated heterocycles. The molecule has 0 radical (unpaired) electrons. The van der Waals surface area contributed by atoms with Crippen LogP contribution in [0.25, 0.3) is 0 Å². The highest BCUT2D eigenvalue weighted by molar-refractivity contribution is 5.79. The molecule has 1 amide bonds. The molecule has 4 atom stereocenters. The van der Waals surface area contributed by atoms with E-state index in [0.29, 0.717) is 6.42 Å². The molecular formula is C22H33NO5. The van der Waals surface area contributed by atoms with Crippen molar-refractivity contribution in [2.45, 2.75) is 69.8 Å². The van der Waals surface area contributed by atoms with Crippen LogP contribution in [0.15, 0.2) is 37.5 Å². The van der Waals surface area contributed by atoms with E-state index in [9.17, 15) is 9.59 Å². The van der Waals surface area contributed by atoms with E-state index >= 15 is 0 Å². The number of esters is 1. The van der Waals surface area contributed by atoms with Crippen molar-refractivity contribution in [1.82, 2.24) is 4.90 Å². The van der Waals surface area contributed by atoms with Gasteiger partial charge in [0, 0.05) is 6.54 Å². The highest BCUT2D eigenvalue weighted by Crippen LogP contribution is 2.49. The Balaban J connectivity index is 2.31. The average molecular weight is 392 g/mol. The van der Waals surface area contributed by atoms with Gasteiger partial charge in [-0.25, -0.2) is 4.79 Å². The molecule has 2 aliphatic rings. The SMILES string of the molecule is C=CCCCC[C@@]12C=C[C@@H](O1)[C@@H](N(CC=C)C(=O)OC(C)(C)C)[C@@H]2C(=O)OC. The van der Waals surface area contributed by atoms with Crippen LogP contribution in [0.3, 0.4) is 0 Å². The van der Waals surface area contributed by atoms with E-state index in [1.807, 2.05) is 39.0 Å². The minimum atomic E-state index is -0.759. The van der Waals surface area contributed by atoms with Crippen LogP contribution >= 0.6 is 0 Å². The van der Waals surface area contributed by atoms with Crippen molar-refractivity contribution in [3.05, 3.63) is 37.5 Å². The quantitative estimate of drug-likeness (QED) is 0.337. The molecule has 28 heavy (non-hydrogen) atoms. The number of amides is 1. The second-order valence-corrected chi connectivity index (χ2v) is 8.34. The molecule has 156 valence electrons. The number of fused-ring (bicyclic) bond motifs is 2. The maximum absolute atomic E-state index is 12.9. The lowest BCUT2D eigenvalue weighted by Gasteiger charge is -2.38. The predicted molar refractivity (Wildman–Crippen MR) is 108 cm³/mol. The van der Waals surface area contributed by atoms with Gasteiger partial charge in [-0.05, 0) is 46.5 Å². The summed E-state index contributed by atoms with van der Waals surface area (Å²) in [6.07, 6.45) is 10.00. The van der Waals surface area contributed by atoms with E-state index in [1.54, 1.807) is 11.0 Å². The number of ether oxygens (including phenoxy) is 3. The molecule has 0 unspecified atom stereocenters. The first-order valence-electron chi connectivity index (χ1n) is 9.85. The van der Waals surface area contributed by atoms with Crippen LogP contribution in [0.4, 0.5) is 4.79 Å². The Hall–Kier alpha value is -2.08. The summed E-state index contributed by atoms with van der Waals surface area (Å²) in [5, 5.41) is 0. The van der Waals surface area contributed by atoms with Crippen LogP contribution < -0.4 is 0 Å². The Bertz CT molecular complexity index is 635. The number of hydrogen-bond acceptors (Lipinski definition) is 5. The molecule has 0 spiro atoms. The fourth-order valence-corrected chi connectivity index (χ4v) is 4.02. The van der Waals surface area contributed by atoms with Crippen LogP contribution in [-0.4, -0.2) is 54.0 Å². The smallest absolute Gasteiger partial charge is 0.410 e. The molecule has 2 heterocycles.